The number of alkyl halides is 3. The van der Waals surface area contributed by atoms with Crippen molar-refractivity contribution in [3.8, 4) is 0 Å². The summed E-state index contributed by atoms with van der Waals surface area (Å²) in [7, 11) is 0. The van der Waals surface area contributed by atoms with Crippen molar-refractivity contribution in [3.05, 3.63) is 0 Å². The molecule has 0 aromatic heterocycles. The SMILES string of the molecule is FC(F)(F)C1(NCCCC2CCNC2)CC1. The van der Waals surface area contributed by atoms with E-state index in [1.807, 2.05) is 0 Å². The van der Waals surface area contributed by atoms with E-state index in [9.17, 15) is 13.2 Å². The fraction of sp³-hybridized carbons (Fsp3) is 1.00. The van der Waals surface area contributed by atoms with Crippen LogP contribution in [0, 0.1) is 5.92 Å². The highest BCUT2D eigenvalue weighted by Crippen LogP contribution is 2.48. The van der Waals surface area contributed by atoms with Gasteiger partial charge in [-0.05, 0) is 57.7 Å². The summed E-state index contributed by atoms with van der Waals surface area (Å²) in [6.07, 6.45) is -0.507. The molecule has 16 heavy (non-hydrogen) atoms. The third kappa shape index (κ3) is 2.69. The topological polar surface area (TPSA) is 24.1 Å². The highest BCUT2D eigenvalue weighted by molar-refractivity contribution is 5.07. The maximum atomic E-state index is 12.6. The number of rotatable bonds is 5. The van der Waals surface area contributed by atoms with Crippen LogP contribution in [0.1, 0.15) is 32.1 Å². The molecule has 1 saturated carbocycles. The summed E-state index contributed by atoms with van der Waals surface area (Å²) in [5, 5.41) is 5.95. The monoisotopic (exact) mass is 236 g/mol. The second-order valence-corrected chi connectivity index (χ2v) is 5.01. The molecule has 1 heterocycles. The molecule has 2 fully saturated rings. The van der Waals surface area contributed by atoms with Gasteiger partial charge in [0, 0.05) is 0 Å². The van der Waals surface area contributed by atoms with Crippen LogP contribution in [0.4, 0.5) is 13.2 Å². The second-order valence-electron chi connectivity index (χ2n) is 5.01. The lowest BCUT2D eigenvalue weighted by Crippen LogP contribution is -2.45. The van der Waals surface area contributed by atoms with Crippen molar-refractivity contribution in [3.63, 3.8) is 0 Å². The van der Waals surface area contributed by atoms with Gasteiger partial charge in [0.1, 0.15) is 5.54 Å². The minimum atomic E-state index is -4.07. The molecule has 2 nitrogen and oxygen atoms in total. The smallest absolute Gasteiger partial charge is 0.316 e. The lowest BCUT2D eigenvalue weighted by molar-refractivity contribution is -0.165. The van der Waals surface area contributed by atoms with Gasteiger partial charge in [0.2, 0.25) is 0 Å². The van der Waals surface area contributed by atoms with Crippen molar-refractivity contribution in [2.24, 2.45) is 5.92 Å². The Labute approximate surface area is 94.0 Å². The Morgan fingerprint density at radius 1 is 1.31 bits per heavy atom. The highest BCUT2D eigenvalue weighted by Gasteiger charge is 2.62. The van der Waals surface area contributed by atoms with Crippen LogP contribution in [0.5, 0.6) is 0 Å². The molecular formula is C11H19F3N2. The van der Waals surface area contributed by atoms with Gasteiger partial charge in [0.15, 0.2) is 0 Å². The van der Waals surface area contributed by atoms with Crippen LogP contribution in [-0.4, -0.2) is 31.3 Å². The molecule has 2 rings (SSSR count). The van der Waals surface area contributed by atoms with Crippen molar-refractivity contribution in [1.29, 1.82) is 0 Å². The molecule has 0 aromatic rings. The van der Waals surface area contributed by atoms with E-state index in [1.165, 1.54) is 6.42 Å². The molecule has 2 aliphatic rings. The summed E-state index contributed by atoms with van der Waals surface area (Å²) >= 11 is 0. The van der Waals surface area contributed by atoms with Gasteiger partial charge in [-0.2, -0.15) is 13.2 Å². The molecule has 2 N–H and O–H groups in total. The Morgan fingerprint density at radius 3 is 2.56 bits per heavy atom. The van der Waals surface area contributed by atoms with Crippen molar-refractivity contribution < 1.29 is 13.2 Å². The summed E-state index contributed by atoms with van der Waals surface area (Å²) in [5.74, 6) is 0.669. The molecule has 5 heteroatoms. The predicted octanol–water partition coefficient (Wildman–Crippen LogP) is 2.06. The standard InChI is InChI=1S/C11H19F3N2/c12-11(13,14)10(4-5-10)16-6-1-2-9-3-7-15-8-9/h9,15-16H,1-8H2. The number of halogens is 3. The Hall–Kier alpha value is -0.290. The number of hydrogen-bond acceptors (Lipinski definition) is 2. The summed E-state index contributed by atoms with van der Waals surface area (Å²) < 4.78 is 37.7. The molecule has 1 saturated heterocycles. The largest absolute Gasteiger partial charge is 0.406 e. The fourth-order valence-electron chi connectivity index (χ4n) is 2.36. The lowest BCUT2D eigenvalue weighted by atomic mass is 10.0. The highest BCUT2D eigenvalue weighted by atomic mass is 19.4. The van der Waals surface area contributed by atoms with Crippen LogP contribution < -0.4 is 10.6 Å². The zero-order valence-electron chi connectivity index (χ0n) is 9.37. The molecule has 0 radical (unpaired) electrons. The Balaban J connectivity index is 1.61. The van der Waals surface area contributed by atoms with Gasteiger partial charge in [-0.3, -0.25) is 0 Å². The normalized spacial score (nSPS) is 28.3. The van der Waals surface area contributed by atoms with Crippen LogP contribution >= 0.6 is 0 Å². The first-order valence-corrected chi connectivity index (χ1v) is 6.06. The molecular weight excluding hydrogens is 217 g/mol. The molecule has 0 bridgehead atoms. The minimum Gasteiger partial charge on any atom is -0.316 e. The third-order valence-electron chi connectivity index (χ3n) is 3.71. The van der Waals surface area contributed by atoms with E-state index in [0.29, 0.717) is 12.5 Å². The van der Waals surface area contributed by atoms with E-state index in [1.54, 1.807) is 0 Å². The third-order valence-corrected chi connectivity index (χ3v) is 3.71. The van der Waals surface area contributed by atoms with Gasteiger partial charge in [0.25, 0.3) is 0 Å². The van der Waals surface area contributed by atoms with Crippen LogP contribution in [0.15, 0.2) is 0 Å². The van der Waals surface area contributed by atoms with Gasteiger partial charge < -0.3 is 10.6 Å². The van der Waals surface area contributed by atoms with E-state index >= 15 is 0 Å². The van der Waals surface area contributed by atoms with E-state index in [4.69, 9.17) is 0 Å². The Kier molecular flexibility index (Phi) is 3.45. The van der Waals surface area contributed by atoms with E-state index in [2.05, 4.69) is 10.6 Å². The van der Waals surface area contributed by atoms with Crippen molar-refractivity contribution in [2.75, 3.05) is 19.6 Å². The maximum absolute atomic E-state index is 12.6. The molecule has 0 aromatic carbocycles. The van der Waals surface area contributed by atoms with Gasteiger partial charge in [-0.25, -0.2) is 0 Å². The molecule has 1 atom stereocenters. The Bertz CT molecular complexity index is 230. The molecule has 1 aliphatic heterocycles. The van der Waals surface area contributed by atoms with Gasteiger partial charge in [0.05, 0.1) is 0 Å². The van der Waals surface area contributed by atoms with Gasteiger partial charge >= 0.3 is 6.18 Å². The maximum Gasteiger partial charge on any atom is 0.406 e. The first-order valence-electron chi connectivity index (χ1n) is 6.06. The summed E-state index contributed by atoms with van der Waals surface area (Å²) in [6, 6.07) is 0. The zero-order valence-corrected chi connectivity index (χ0v) is 9.37. The molecule has 0 amide bonds. The molecule has 1 unspecified atom stereocenters. The van der Waals surface area contributed by atoms with Crippen molar-refractivity contribution >= 4 is 0 Å². The van der Waals surface area contributed by atoms with E-state index < -0.39 is 11.7 Å². The Morgan fingerprint density at radius 2 is 2.06 bits per heavy atom. The fourth-order valence-corrected chi connectivity index (χ4v) is 2.36. The second kappa shape index (κ2) is 4.53. The van der Waals surface area contributed by atoms with Crippen molar-refractivity contribution in [1.82, 2.24) is 10.6 Å². The van der Waals surface area contributed by atoms with Crippen LogP contribution in [0.2, 0.25) is 0 Å². The van der Waals surface area contributed by atoms with E-state index in [-0.39, 0.29) is 12.8 Å². The van der Waals surface area contributed by atoms with E-state index in [0.717, 1.165) is 25.9 Å². The quantitative estimate of drug-likeness (QED) is 0.714. The average Bonchev–Trinajstić information content (AvgIpc) is 2.83. The number of nitrogens with one attached hydrogen (secondary N) is 2. The van der Waals surface area contributed by atoms with Gasteiger partial charge in [-0.1, -0.05) is 0 Å². The van der Waals surface area contributed by atoms with Crippen LogP contribution in [-0.2, 0) is 0 Å². The zero-order chi connectivity index (χ0) is 11.6. The number of hydrogen-bond donors (Lipinski definition) is 2. The molecule has 1 aliphatic carbocycles. The first-order chi connectivity index (χ1) is 7.54. The lowest BCUT2D eigenvalue weighted by Gasteiger charge is -2.21. The predicted molar refractivity (Wildman–Crippen MR) is 56.2 cm³/mol. The summed E-state index contributed by atoms with van der Waals surface area (Å²) in [5.41, 5.74) is -1.53. The van der Waals surface area contributed by atoms with Crippen LogP contribution in [0.3, 0.4) is 0 Å². The van der Waals surface area contributed by atoms with Crippen LogP contribution in [0.25, 0.3) is 0 Å². The summed E-state index contributed by atoms with van der Waals surface area (Å²) in [4.78, 5) is 0. The average molecular weight is 236 g/mol. The van der Waals surface area contributed by atoms with Crippen molar-refractivity contribution in [2.45, 2.75) is 43.8 Å². The summed E-state index contributed by atoms with van der Waals surface area (Å²) in [6.45, 7) is 2.59. The molecule has 0 spiro atoms. The first kappa shape index (κ1) is 12.2. The molecule has 94 valence electrons. The van der Waals surface area contributed by atoms with Gasteiger partial charge in [-0.15, -0.1) is 0 Å². The minimum absolute atomic E-state index is 0.251.